The van der Waals surface area contributed by atoms with E-state index in [2.05, 4.69) is 5.32 Å². The van der Waals surface area contributed by atoms with Crippen LogP contribution in [0.1, 0.15) is 80.5 Å². The molecule has 0 aromatic heterocycles. The zero-order valence-corrected chi connectivity index (χ0v) is 25.0. The van der Waals surface area contributed by atoms with E-state index in [-0.39, 0.29) is 30.8 Å². The summed E-state index contributed by atoms with van der Waals surface area (Å²) in [6.07, 6.45) is 7.60. The van der Waals surface area contributed by atoms with Gasteiger partial charge >= 0.3 is 0 Å². The largest absolute Gasteiger partial charge is 0.352 e. The van der Waals surface area contributed by atoms with Crippen LogP contribution in [0, 0.1) is 20.8 Å². The number of amides is 2. The first kappa shape index (κ1) is 30.7. The molecule has 2 aromatic carbocycles. The van der Waals surface area contributed by atoms with Crippen molar-refractivity contribution in [2.24, 2.45) is 0 Å². The fourth-order valence-corrected chi connectivity index (χ4v) is 6.40. The monoisotopic (exact) mass is 555 g/mol. The Morgan fingerprint density at radius 1 is 0.949 bits per heavy atom. The summed E-state index contributed by atoms with van der Waals surface area (Å²) in [5, 5.41) is 3.21. The lowest BCUT2D eigenvalue weighted by molar-refractivity contribution is -0.141. The van der Waals surface area contributed by atoms with Crippen molar-refractivity contribution in [3.05, 3.63) is 64.7 Å². The molecule has 2 amide bonds. The number of hydrogen-bond acceptors (Lipinski definition) is 4. The van der Waals surface area contributed by atoms with Crippen LogP contribution in [0.2, 0.25) is 0 Å². The summed E-state index contributed by atoms with van der Waals surface area (Å²) in [5.74, 6) is -0.243. The van der Waals surface area contributed by atoms with Gasteiger partial charge in [-0.2, -0.15) is 0 Å². The second-order valence-corrected chi connectivity index (χ2v) is 13.0. The van der Waals surface area contributed by atoms with E-state index >= 15 is 0 Å². The molecule has 2 aromatic rings. The van der Waals surface area contributed by atoms with Crippen LogP contribution in [0.15, 0.2) is 42.5 Å². The van der Waals surface area contributed by atoms with E-state index in [1.54, 1.807) is 4.90 Å². The van der Waals surface area contributed by atoms with Gasteiger partial charge in [0.15, 0.2) is 0 Å². The molecular formula is C31H45N3O4S. The molecule has 0 spiro atoms. The van der Waals surface area contributed by atoms with Gasteiger partial charge in [-0.1, -0.05) is 62.1 Å². The number of carbonyl (C=O) groups excluding carboxylic acids is 2. The normalized spacial score (nSPS) is 15.0. The lowest BCUT2D eigenvalue weighted by Gasteiger charge is -2.33. The average molecular weight is 556 g/mol. The molecule has 1 atom stereocenters. The van der Waals surface area contributed by atoms with Gasteiger partial charge in [0.2, 0.25) is 21.8 Å². The third-order valence-electron chi connectivity index (χ3n) is 7.46. The zero-order chi connectivity index (χ0) is 28.6. The molecule has 8 heteroatoms. The number of aryl methyl sites for hydroxylation is 3. The predicted molar refractivity (Wildman–Crippen MR) is 158 cm³/mol. The molecule has 1 aliphatic rings. The fraction of sp³-hybridized carbons (Fsp3) is 0.548. The van der Waals surface area contributed by atoms with Crippen molar-refractivity contribution < 1.29 is 18.0 Å². The van der Waals surface area contributed by atoms with Crippen molar-refractivity contribution in [1.82, 2.24) is 10.2 Å². The van der Waals surface area contributed by atoms with E-state index in [0.717, 1.165) is 47.9 Å². The quantitative estimate of drug-likeness (QED) is 0.379. The molecule has 1 aliphatic carbocycles. The van der Waals surface area contributed by atoms with Crippen LogP contribution in [0.5, 0.6) is 0 Å². The van der Waals surface area contributed by atoms with Crippen molar-refractivity contribution in [3.63, 3.8) is 0 Å². The molecule has 0 aliphatic heterocycles. The molecule has 214 valence electrons. The van der Waals surface area contributed by atoms with Crippen LogP contribution in [-0.2, 0) is 26.2 Å². The van der Waals surface area contributed by atoms with Crippen LogP contribution >= 0.6 is 0 Å². The van der Waals surface area contributed by atoms with Crippen LogP contribution in [0.25, 0.3) is 0 Å². The summed E-state index contributed by atoms with van der Waals surface area (Å²) in [7, 11) is -3.53. The number of sulfonamides is 1. The Balaban J connectivity index is 1.76. The third-order valence-corrected chi connectivity index (χ3v) is 8.65. The molecule has 1 saturated carbocycles. The number of anilines is 1. The average Bonchev–Trinajstić information content (AvgIpc) is 2.86. The van der Waals surface area contributed by atoms with E-state index in [1.165, 1.54) is 17.0 Å². The maximum Gasteiger partial charge on any atom is 0.243 e. The van der Waals surface area contributed by atoms with Crippen LogP contribution in [0.4, 0.5) is 5.69 Å². The predicted octanol–water partition coefficient (Wildman–Crippen LogP) is 5.41. The van der Waals surface area contributed by atoms with Gasteiger partial charge in [0.05, 0.1) is 11.9 Å². The Morgan fingerprint density at radius 3 is 2.13 bits per heavy atom. The Hall–Kier alpha value is -2.87. The number of hydrogen-bond donors (Lipinski definition) is 1. The summed E-state index contributed by atoms with van der Waals surface area (Å²) in [4.78, 5) is 28.8. The van der Waals surface area contributed by atoms with Gasteiger partial charge in [0.25, 0.3) is 0 Å². The standard InChI is InChI=1S/C31H45N3O4S/c1-6-29(31(36)32-27-11-8-7-9-12-27)33(22-26-16-14-23(2)15-17-26)30(35)13-10-18-34(39(5,37)38)28-20-24(3)19-25(4)21-28/h14-17,19-21,27,29H,6-13,18,22H2,1-5H3,(H,32,36)/t29-/m0/s1. The van der Waals surface area contributed by atoms with Crippen LogP contribution < -0.4 is 9.62 Å². The zero-order valence-electron chi connectivity index (χ0n) is 24.2. The maximum absolute atomic E-state index is 13.7. The molecule has 3 rings (SSSR count). The molecule has 0 saturated heterocycles. The molecular weight excluding hydrogens is 510 g/mol. The molecule has 0 bridgehead atoms. The molecule has 7 nitrogen and oxygen atoms in total. The van der Waals surface area contributed by atoms with E-state index in [9.17, 15) is 18.0 Å². The van der Waals surface area contributed by atoms with Crippen molar-refractivity contribution in [2.75, 3.05) is 17.1 Å². The maximum atomic E-state index is 13.7. The number of rotatable bonds is 12. The first-order chi connectivity index (χ1) is 18.5. The minimum absolute atomic E-state index is 0.0992. The van der Waals surface area contributed by atoms with E-state index in [4.69, 9.17) is 0 Å². The Labute approximate surface area is 235 Å². The first-order valence-corrected chi connectivity index (χ1v) is 16.0. The van der Waals surface area contributed by atoms with Gasteiger partial charge in [0, 0.05) is 25.6 Å². The Kier molecular flexibility index (Phi) is 11.0. The van der Waals surface area contributed by atoms with E-state index in [1.807, 2.05) is 70.2 Å². The Bertz CT molecular complexity index is 1200. The fourth-order valence-electron chi connectivity index (χ4n) is 5.45. The minimum Gasteiger partial charge on any atom is -0.352 e. The highest BCUT2D eigenvalue weighted by Crippen LogP contribution is 2.23. The first-order valence-electron chi connectivity index (χ1n) is 14.2. The highest BCUT2D eigenvalue weighted by Gasteiger charge is 2.30. The number of carbonyl (C=O) groups is 2. The lowest BCUT2D eigenvalue weighted by atomic mass is 9.95. The van der Waals surface area contributed by atoms with Crippen molar-refractivity contribution in [3.8, 4) is 0 Å². The lowest BCUT2D eigenvalue weighted by Crippen LogP contribution is -2.51. The molecule has 1 N–H and O–H groups in total. The van der Waals surface area contributed by atoms with Crippen LogP contribution in [-0.4, -0.2) is 50.0 Å². The highest BCUT2D eigenvalue weighted by molar-refractivity contribution is 7.92. The van der Waals surface area contributed by atoms with E-state index in [0.29, 0.717) is 25.1 Å². The van der Waals surface area contributed by atoms with Gasteiger partial charge in [0.1, 0.15) is 6.04 Å². The molecule has 1 fully saturated rings. The second-order valence-electron chi connectivity index (χ2n) is 11.1. The van der Waals surface area contributed by atoms with Gasteiger partial charge in [-0.25, -0.2) is 8.42 Å². The van der Waals surface area contributed by atoms with Gasteiger partial charge in [-0.05, 0) is 75.3 Å². The SMILES string of the molecule is CC[C@@H](C(=O)NC1CCCCC1)N(Cc1ccc(C)cc1)C(=O)CCCN(c1cc(C)cc(C)c1)S(C)(=O)=O. The summed E-state index contributed by atoms with van der Waals surface area (Å²) in [5.41, 5.74) is 4.66. The Morgan fingerprint density at radius 2 is 1.56 bits per heavy atom. The van der Waals surface area contributed by atoms with Crippen molar-refractivity contribution >= 4 is 27.5 Å². The van der Waals surface area contributed by atoms with Gasteiger partial charge in [-0.15, -0.1) is 0 Å². The van der Waals surface area contributed by atoms with Gasteiger partial charge in [-0.3, -0.25) is 13.9 Å². The number of nitrogens with one attached hydrogen (secondary N) is 1. The molecule has 0 radical (unpaired) electrons. The number of benzene rings is 2. The second kappa shape index (κ2) is 14.0. The van der Waals surface area contributed by atoms with Crippen LogP contribution in [0.3, 0.4) is 0 Å². The summed E-state index contributed by atoms with van der Waals surface area (Å²) < 4.78 is 26.7. The smallest absolute Gasteiger partial charge is 0.243 e. The summed E-state index contributed by atoms with van der Waals surface area (Å²) in [6, 6.07) is 13.3. The van der Waals surface area contributed by atoms with E-state index < -0.39 is 16.1 Å². The van der Waals surface area contributed by atoms with Gasteiger partial charge < -0.3 is 10.2 Å². The molecule has 0 heterocycles. The van der Waals surface area contributed by atoms with Crippen molar-refractivity contribution in [1.29, 1.82) is 0 Å². The summed E-state index contributed by atoms with van der Waals surface area (Å²) in [6.45, 7) is 8.35. The number of nitrogens with zero attached hydrogens (tertiary/aromatic N) is 2. The highest BCUT2D eigenvalue weighted by atomic mass is 32.2. The molecule has 39 heavy (non-hydrogen) atoms. The topological polar surface area (TPSA) is 86.8 Å². The van der Waals surface area contributed by atoms with Crippen molar-refractivity contribution in [2.45, 2.75) is 97.7 Å². The summed E-state index contributed by atoms with van der Waals surface area (Å²) >= 11 is 0. The molecule has 0 unspecified atom stereocenters. The third kappa shape index (κ3) is 9.09. The minimum atomic E-state index is -3.53.